The van der Waals surface area contributed by atoms with Gasteiger partial charge in [0.2, 0.25) is 0 Å². The average molecular weight is 270 g/mol. The van der Waals surface area contributed by atoms with Crippen LogP contribution < -0.4 is 5.32 Å². The van der Waals surface area contributed by atoms with E-state index in [0.29, 0.717) is 12.1 Å². The van der Waals surface area contributed by atoms with Crippen LogP contribution in [0.15, 0.2) is 54.6 Å². The van der Waals surface area contributed by atoms with Crippen LogP contribution in [0.2, 0.25) is 0 Å². The second-order valence-corrected chi connectivity index (χ2v) is 4.49. The van der Waals surface area contributed by atoms with Crippen LogP contribution in [0.5, 0.6) is 0 Å². The van der Waals surface area contributed by atoms with Gasteiger partial charge in [-0.2, -0.15) is 0 Å². The Morgan fingerprint density at radius 2 is 1.75 bits per heavy atom. The molecule has 0 aliphatic carbocycles. The Labute approximate surface area is 118 Å². The van der Waals surface area contributed by atoms with E-state index in [1.807, 2.05) is 48.5 Å². The highest BCUT2D eigenvalue weighted by molar-refractivity contribution is 6.00. The van der Waals surface area contributed by atoms with E-state index in [1.165, 1.54) is 4.90 Å². The number of hydrogen-bond acceptors (Lipinski definition) is 3. The van der Waals surface area contributed by atoms with E-state index in [0.717, 1.165) is 11.4 Å². The molecule has 0 spiro atoms. The Morgan fingerprint density at radius 3 is 2.45 bits per heavy atom. The predicted molar refractivity (Wildman–Crippen MR) is 80.2 cm³/mol. The zero-order valence-electron chi connectivity index (χ0n) is 11.4. The number of carbonyl (C=O) groups excluding carboxylic acids is 1. The summed E-state index contributed by atoms with van der Waals surface area (Å²) < 4.78 is 0. The molecule has 2 aromatic rings. The second kappa shape index (κ2) is 6.73. The molecule has 4 nitrogen and oxygen atoms in total. The molecule has 0 aromatic heterocycles. The monoisotopic (exact) mass is 270 g/mol. The first kappa shape index (κ1) is 14.1. The first-order chi connectivity index (χ1) is 9.72. The summed E-state index contributed by atoms with van der Waals surface area (Å²) in [6.07, 6.45) is 0. The summed E-state index contributed by atoms with van der Waals surface area (Å²) in [5.41, 5.74) is 2.28. The van der Waals surface area contributed by atoms with E-state index in [1.54, 1.807) is 13.1 Å². The third kappa shape index (κ3) is 3.36. The minimum atomic E-state index is -0.113. The summed E-state index contributed by atoms with van der Waals surface area (Å²) >= 11 is 0. The fourth-order valence-corrected chi connectivity index (χ4v) is 1.91. The quantitative estimate of drug-likeness (QED) is 0.877. The first-order valence-electron chi connectivity index (χ1n) is 6.50. The van der Waals surface area contributed by atoms with Crippen LogP contribution in [0, 0.1) is 0 Å². The van der Waals surface area contributed by atoms with Gasteiger partial charge in [-0.1, -0.05) is 30.3 Å². The summed E-state index contributed by atoms with van der Waals surface area (Å²) in [5, 5.41) is 12.2. The number of hydrogen-bond donors (Lipinski definition) is 2. The summed E-state index contributed by atoms with van der Waals surface area (Å²) in [4.78, 5) is 13.8. The molecule has 20 heavy (non-hydrogen) atoms. The molecule has 0 aliphatic rings. The molecule has 0 aliphatic heterocycles. The molecule has 0 saturated heterocycles. The molecule has 2 N–H and O–H groups in total. The lowest BCUT2D eigenvalue weighted by molar-refractivity contribution is 0.0768. The van der Waals surface area contributed by atoms with Gasteiger partial charge in [-0.3, -0.25) is 4.79 Å². The third-order valence-corrected chi connectivity index (χ3v) is 2.99. The van der Waals surface area contributed by atoms with Gasteiger partial charge in [0.05, 0.1) is 17.9 Å². The van der Waals surface area contributed by atoms with Gasteiger partial charge in [0, 0.05) is 19.3 Å². The van der Waals surface area contributed by atoms with E-state index >= 15 is 0 Å². The summed E-state index contributed by atoms with van der Waals surface area (Å²) in [7, 11) is 1.68. The Kier molecular flexibility index (Phi) is 4.74. The highest BCUT2D eigenvalue weighted by atomic mass is 16.3. The Morgan fingerprint density at radius 1 is 1.10 bits per heavy atom. The lowest BCUT2D eigenvalue weighted by Crippen LogP contribution is -2.29. The number of benzene rings is 2. The number of nitrogens with one attached hydrogen (secondary N) is 1. The number of nitrogens with zero attached hydrogens (tertiary/aromatic N) is 1. The van der Waals surface area contributed by atoms with Crippen LogP contribution in [-0.4, -0.2) is 36.1 Å². The maximum absolute atomic E-state index is 12.3. The van der Waals surface area contributed by atoms with E-state index in [-0.39, 0.29) is 12.5 Å². The number of aliphatic hydroxyl groups is 1. The molecule has 0 atom stereocenters. The topological polar surface area (TPSA) is 52.6 Å². The number of amides is 1. The molecule has 2 rings (SSSR count). The van der Waals surface area contributed by atoms with Crippen LogP contribution in [0.3, 0.4) is 0 Å². The average Bonchev–Trinajstić information content (AvgIpc) is 2.48. The predicted octanol–water partition coefficient (Wildman–Crippen LogP) is 2.49. The number of para-hydroxylation sites is 2. The standard InChI is InChI=1S/C16H18N2O2/c1-18(11-12-19)16(20)14-9-5-6-10-15(14)17-13-7-3-2-4-8-13/h2-10,17,19H,11-12H2,1H3. The van der Waals surface area contributed by atoms with Gasteiger partial charge in [-0.25, -0.2) is 0 Å². The Balaban J connectivity index is 2.24. The third-order valence-electron chi connectivity index (χ3n) is 2.99. The van der Waals surface area contributed by atoms with Crippen LogP contribution in [0.4, 0.5) is 11.4 Å². The minimum absolute atomic E-state index is 0.0451. The zero-order chi connectivity index (χ0) is 14.4. The van der Waals surface area contributed by atoms with Crippen molar-refractivity contribution in [1.82, 2.24) is 4.90 Å². The van der Waals surface area contributed by atoms with Crippen molar-refractivity contribution in [2.75, 3.05) is 25.5 Å². The maximum atomic E-state index is 12.3. The molecule has 2 aromatic carbocycles. The molecular weight excluding hydrogens is 252 g/mol. The van der Waals surface area contributed by atoms with Crippen LogP contribution in [-0.2, 0) is 0 Å². The SMILES string of the molecule is CN(CCO)C(=O)c1ccccc1Nc1ccccc1. The van der Waals surface area contributed by atoms with Crippen LogP contribution in [0.1, 0.15) is 10.4 Å². The number of carbonyl (C=O) groups is 1. The van der Waals surface area contributed by atoms with Gasteiger partial charge >= 0.3 is 0 Å². The van der Waals surface area contributed by atoms with Crippen LogP contribution in [0.25, 0.3) is 0 Å². The maximum Gasteiger partial charge on any atom is 0.255 e. The van der Waals surface area contributed by atoms with Crippen molar-refractivity contribution >= 4 is 17.3 Å². The van der Waals surface area contributed by atoms with Gasteiger partial charge in [0.1, 0.15) is 0 Å². The lowest BCUT2D eigenvalue weighted by Gasteiger charge is -2.18. The fraction of sp³-hybridized carbons (Fsp3) is 0.188. The molecule has 0 unspecified atom stereocenters. The van der Waals surface area contributed by atoms with Crippen molar-refractivity contribution in [3.63, 3.8) is 0 Å². The zero-order valence-corrected chi connectivity index (χ0v) is 11.4. The van der Waals surface area contributed by atoms with Crippen molar-refractivity contribution < 1.29 is 9.90 Å². The smallest absolute Gasteiger partial charge is 0.255 e. The van der Waals surface area contributed by atoms with Gasteiger partial charge in [-0.15, -0.1) is 0 Å². The highest BCUT2D eigenvalue weighted by Crippen LogP contribution is 2.21. The van der Waals surface area contributed by atoms with E-state index in [9.17, 15) is 4.79 Å². The second-order valence-electron chi connectivity index (χ2n) is 4.49. The Bertz CT molecular complexity index is 570. The summed E-state index contributed by atoms with van der Waals surface area (Å²) in [6.45, 7) is 0.273. The molecular formula is C16H18N2O2. The number of anilines is 2. The molecule has 4 heteroatoms. The van der Waals surface area contributed by atoms with E-state index < -0.39 is 0 Å². The number of likely N-dealkylation sites (N-methyl/N-ethyl adjacent to an activating group) is 1. The molecule has 1 amide bonds. The summed E-state index contributed by atoms with van der Waals surface area (Å²) in [5.74, 6) is -0.113. The minimum Gasteiger partial charge on any atom is -0.395 e. The van der Waals surface area contributed by atoms with Crippen molar-refractivity contribution in [1.29, 1.82) is 0 Å². The van der Waals surface area contributed by atoms with Crippen molar-refractivity contribution in [3.05, 3.63) is 60.2 Å². The van der Waals surface area contributed by atoms with Gasteiger partial charge in [0.25, 0.3) is 5.91 Å². The van der Waals surface area contributed by atoms with Gasteiger partial charge in [0.15, 0.2) is 0 Å². The lowest BCUT2D eigenvalue weighted by atomic mass is 10.1. The largest absolute Gasteiger partial charge is 0.395 e. The highest BCUT2D eigenvalue weighted by Gasteiger charge is 2.14. The van der Waals surface area contributed by atoms with Crippen molar-refractivity contribution in [2.45, 2.75) is 0 Å². The Hall–Kier alpha value is -2.33. The van der Waals surface area contributed by atoms with Crippen molar-refractivity contribution in [3.8, 4) is 0 Å². The first-order valence-corrected chi connectivity index (χ1v) is 6.50. The van der Waals surface area contributed by atoms with Crippen molar-refractivity contribution in [2.24, 2.45) is 0 Å². The summed E-state index contributed by atoms with van der Waals surface area (Å²) in [6, 6.07) is 17.1. The van der Waals surface area contributed by atoms with Gasteiger partial charge < -0.3 is 15.3 Å². The van der Waals surface area contributed by atoms with E-state index in [2.05, 4.69) is 5.32 Å². The molecule has 0 saturated carbocycles. The number of rotatable bonds is 5. The normalized spacial score (nSPS) is 10.1. The molecule has 0 radical (unpaired) electrons. The molecule has 0 heterocycles. The van der Waals surface area contributed by atoms with Gasteiger partial charge in [-0.05, 0) is 24.3 Å². The molecule has 0 bridgehead atoms. The van der Waals surface area contributed by atoms with Crippen LogP contribution >= 0.6 is 0 Å². The fourth-order valence-electron chi connectivity index (χ4n) is 1.91. The molecule has 104 valence electrons. The van der Waals surface area contributed by atoms with E-state index in [4.69, 9.17) is 5.11 Å². The number of aliphatic hydroxyl groups excluding tert-OH is 1. The molecule has 0 fully saturated rings.